The maximum atomic E-state index is 12.4. The summed E-state index contributed by atoms with van der Waals surface area (Å²) < 4.78 is 0. The molecule has 6 nitrogen and oxygen atoms in total. The Bertz CT molecular complexity index is 723. The third-order valence-corrected chi connectivity index (χ3v) is 4.04. The van der Waals surface area contributed by atoms with Crippen LogP contribution in [0.1, 0.15) is 34.3 Å². The third-order valence-electron chi connectivity index (χ3n) is 3.73. The van der Waals surface area contributed by atoms with Crippen molar-refractivity contribution in [3.8, 4) is 6.07 Å². The number of benzene rings is 1. The largest absolute Gasteiger partial charge is 0.322 e. The number of nitriles is 1. The molecule has 1 aromatic rings. The molecule has 1 fully saturated rings. The molecule has 2 aliphatic heterocycles. The molecule has 1 N–H and O–H groups in total. The van der Waals surface area contributed by atoms with Crippen molar-refractivity contribution in [1.29, 1.82) is 5.26 Å². The second-order valence-corrected chi connectivity index (χ2v) is 5.41. The Morgan fingerprint density at radius 2 is 2.10 bits per heavy atom. The maximum Gasteiger partial charge on any atom is 0.255 e. The predicted molar refractivity (Wildman–Crippen MR) is 72.2 cm³/mol. The van der Waals surface area contributed by atoms with Crippen LogP contribution in [0.2, 0.25) is 5.02 Å². The summed E-state index contributed by atoms with van der Waals surface area (Å²) in [5.74, 6) is -1.08. The third kappa shape index (κ3) is 2.16. The van der Waals surface area contributed by atoms with Crippen LogP contribution in [0.15, 0.2) is 12.1 Å². The standard InChI is InChI=1S/C14H10ClN3O3/c15-10-4-9-8(3-7(10)5-16)6-18(14(9)21)11-1-2-12(19)17-13(11)20/h3-4,11H,1-2,6H2,(H,17,19,20). The van der Waals surface area contributed by atoms with Gasteiger partial charge in [-0.15, -0.1) is 0 Å². The second-order valence-electron chi connectivity index (χ2n) is 5.00. The van der Waals surface area contributed by atoms with E-state index in [1.54, 1.807) is 6.07 Å². The van der Waals surface area contributed by atoms with Gasteiger partial charge in [0.15, 0.2) is 0 Å². The number of hydrogen-bond acceptors (Lipinski definition) is 4. The van der Waals surface area contributed by atoms with E-state index >= 15 is 0 Å². The molecule has 3 rings (SSSR count). The zero-order chi connectivity index (χ0) is 15.1. The maximum absolute atomic E-state index is 12.4. The lowest BCUT2D eigenvalue weighted by Gasteiger charge is -2.29. The Labute approximate surface area is 125 Å². The summed E-state index contributed by atoms with van der Waals surface area (Å²) >= 11 is 5.94. The normalized spacial score (nSPS) is 21.0. The van der Waals surface area contributed by atoms with Gasteiger partial charge in [-0.05, 0) is 24.1 Å². The fourth-order valence-corrected chi connectivity index (χ4v) is 2.88. The highest BCUT2D eigenvalue weighted by Crippen LogP contribution is 2.31. The molecule has 21 heavy (non-hydrogen) atoms. The summed E-state index contributed by atoms with van der Waals surface area (Å²) in [6.07, 6.45) is 0.518. The molecule has 1 aromatic carbocycles. The monoisotopic (exact) mass is 303 g/mol. The number of carbonyl (C=O) groups is 3. The van der Waals surface area contributed by atoms with E-state index in [1.165, 1.54) is 11.0 Å². The highest BCUT2D eigenvalue weighted by atomic mass is 35.5. The summed E-state index contributed by atoms with van der Waals surface area (Å²) in [4.78, 5) is 36.9. The fraction of sp³-hybridized carbons (Fsp3) is 0.286. The molecule has 1 saturated heterocycles. The number of imide groups is 1. The molecule has 2 aliphatic rings. The molecule has 1 atom stereocenters. The van der Waals surface area contributed by atoms with Crippen LogP contribution >= 0.6 is 11.6 Å². The van der Waals surface area contributed by atoms with Gasteiger partial charge >= 0.3 is 0 Å². The van der Waals surface area contributed by atoms with E-state index in [1.807, 2.05) is 6.07 Å². The highest BCUT2D eigenvalue weighted by molar-refractivity contribution is 6.32. The number of nitrogens with one attached hydrogen (secondary N) is 1. The number of carbonyl (C=O) groups excluding carboxylic acids is 3. The van der Waals surface area contributed by atoms with Crippen LogP contribution in [0, 0.1) is 11.3 Å². The summed E-state index contributed by atoms with van der Waals surface area (Å²) in [6, 6.07) is 4.34. The average molecular weight is 304 g/mol. The van der Waals surface area contributed by atoms with Gasteiger partial charge in [-0.2, -0.15) is 5.26 Å². The Balaban J connectivity index is 1.92. The zero-order valence-electron chi connectivity index (χ0n) is 10.9. The van der Waals surface area contributed by atoms with E-state index in [4.69, 9.17) is 16.9 Å². The highest BCUT2D eigenvalue weighted by Gasteiger charge is 2.39. The molecule has 1 unspecified atom stereocenters. The van der Waals surface area contributed by atoms with Crippen molar-refractivity contribution in [2.75, 3.05) is 0 Å². The van der Waals surface area contributed by atoms with Gasteiger partial charge in [0.2, 0.25) is 11.8 Å². The van der Waals surface area contributed by atoms with Gasteiger partial charge in [-0.1, -0.05) is 11.6 Å². The minimum absolute atomic E-state index is 0.209. The van der Waals surface area contributed by atoms with Crippen LogP contribution in [-0.4, -0.2) is 28.7 Å². The van der Waals surface area contributed by atoms with Crippen LogP contribution in [0.5, 0.6) is 0 Å². The van der Waals surface area contributed by atoms with Gasteiger partial charge < -0.3 is 4.90 Å². The van der Waals surface area contributed by atoms with E-state index < -0.39 is 11.9 Å². The van der Waals surface area contributed by atoms with Gasteiger partial charge in [0, 0.05) is 18.5 Å². The van der Waals surface area contributed by atoms with Crippen molar-refractivity contribution in [3.63, 3.8) is 0 Å². The average Bonchev–Trinajstić information content (AvgIpc) is 2.75. The molecule has 0 aliphatic carbocycles. The molecule has 106 valence electrons. The van der Waals surface area contributed by atoms with Gasteiger partial charge in [0.05, 0.1) is 10.6 Å². The fourth-order valence-electron chi connectivity index (χ4n) is 2.67. The van der Waals surface area contributed by atoms with E-state index in [0.29, 0.717) is 23.1 Å². The SMILES string of the molecule is N#Cc1cc2c(cc1Cl)C(=O)N(C1CCC(=O)NC1=O)C2. The van der Waals surface area contributed by atoms with Crippen LogP contribution in [0.4, 0.5) is 0 Å². The Morgan fingerprint density at radius 1 is 1.33 bits per heavy atom. The lowest BCUT2D eigenvalue weighted by Crippen LogP contribution is -2.52. The molecule has 7 heteroatoms. The van der Waals surface area contributed by atoms with Crippen molar-refractivity contribution >= 4 is 29.3 Å². The van der Waals surface area contributed by atoms with Gasteiger partial charge in [-0.3, -0.25) is 19.7 Å². The number of piperidine rings is 1. The second kappa shape index (κ2) is 4.86. The molecule has 0 saturated carbocycles. The summed E-state index contributed by atoms with van der Waals surface area (Å²) in [6.45, 7) is 0.242. The Kier molecular flexibility index (Phi) is 3.15. The van der Waals surface area contributed by atoms with Crippen LogP contribution < -0.4 is 5.32 Å². The summed E-state index contributed by atoms with van der Waals surface area (Å²) in [7, 11) is 0. The predicted octanol–water partition coefficient (Wildman–Crippen LogP) is 0.973. The van der Waals surface area contributed by atoms with Crippen molar-refractivity contribution in [2.45, 2.75) is 25.4 Å². The number of fused-ring (bicyclic) bond motifs is 1. The van der Waals surface area contributed by atoms with Gasteiger partial charge in [-0.25, -0.2) is 0 Å². The van der Waals surface area contributed by atoms with Crippen molar-refractivity contribution in [1.82, 2.24) is 10.2 Å². The van der Waals surface area contributed by atoms with E-state index in [0.717, 1.165) is 0 Å². The van der Waals surface area contributed by atoms with Gasteiger partial charge in [0.1, 0.15) is 12.1 Å². The topological polar surface area (TPSA) is 90.3 Å². The van der Waals surface area contributed by atoms with Crippen molar-refractivity contribution < 1.29 is 14.4 Å². The molecule has 0 bridgehead atoms. The molecular weight excluding hydrogens is 294 g/mol. The first-order valence-corrected chi connectivity index (χ1v) is 6.76. The lowest BCUT2D eigenvalue weighted by atomic mass is 10.0. The molecule has 0 aromatic heterocycles. The van der Waals surface area contributed by atoms with Crippen LogP contribution in [-0.2, 0) is 16.1 Å². The number of hydrogen-bond donors (Lipinski definition) is 1. The quantitative estimate of drug-likeness (QED) is 0.783. The molecule has 2 heterocycles. The van der Waals surface area contributed by atoms with E-state index in [2.05, 4.69) is 5.32 Å². The van der Waals surface area contributed by atoms with E-state index in [-0.39, 0.29) is 29.8 Å². The van der Waals surface area contributed by atoms with Crippen molar-refractivity contribution in [3.05, 3.63) is 33.8 Å². The first-order valence-electron chi connectivity index (χ1n) is 6.38. The smallest absolute Gasteiger partial charge is 0.255 e. The molecule has 0 radical (unpaired) electrons. The number of halogens is 1. The Hall–Kier alpha value is -2.39. The molecular formula is C14H10ClN3O3. The lowest BCUT2D eigenvalue weighted by molar-refractivity contribution is -0.136. The minimum atomic E-state index is -0.660. The van der Waals surface area contributed by atoms with Crippen LogP contribution in [0.3, 0.4) is 0 Å². The Morgan fingerprint density at radius 3 is 2.76 bits per heavy atom. The molecule has 3 amide bonds. The number of amides is 3. The zero-order valence-corrected chi connectivity index (χ0v) is 11.6. The molecule has 0 spiro atoms. The summed E-state index contributed by atoms with van der Waals surface area (Å²) in [5, 5.41) is 11.4. The van der Waals surface area contributed by atoms with Crippen LogP contribution in [0.25, 0.3) is 0 Å². The van der Waals surface area contributed by atoms with Gasteiger partial charge in [0.25, 0.3) is 5.91 Å². The summed E-state index contributed by atoms with van der Waals surface area (Å²) in [5.41, 5.74) is 1.38. The minimum Gasteiger partial charge on any atom is -0.322 e. The number of rotatable bonds is 1. The number of nitrogens with zero attached hydrogens (tertiary/aromatic N) is 2. The van der Waals surface area contributed by atoms with E-state index in [9.17, 15) is 14.4 Å². The first-order chi connectivity index (χ1) is 10.0. The first kappa shape index (κ1) is 13.6. The van der Waals surface area contributed by atoms with Crippen molar-refractivity contribution in [2.24, 2.45) is 0 Å².